The van der Waals surface area contributed by atoms with Crippen LogP contribution in [-0.2, 0) is 4.79 Å². The fourth-order valence-electron chi connectivity index (χ4n) is 3.49. The van der Waals surface area contributed by atoms with Gasteiger partial charge in [0.25, 0.3) is 5.91 Å². The number of nitrogens with one attached hydrogen (secondary N) is 1. The van der Waals surface area contributed by atoms with E-state index in [4.69, 9.17) is 5.11 Å². The van der Waals surface area contributed by atoms with E-state index in [2.05, 4.69) is 15.6 Å². The average molecular weight is 369 g/mol. The van der Waals surface area contributed by atoms with Crippen LogP contribution in [0, 0.1) is 5.92 Å². The summed E-state index contributed by atoms with van der Waals surface area (Å²) in [7, 11) is 0. The number of nitrogens with zero attached hydrogens (tertiary/aromatic N) is 4. The van der Waals surface area contributed by atoms with Gasteiger partial charge in [-0.1, -0.05) is 23.4 Å². The minimum absolute atomic E-state index is 0.0554. The molecule has 8 nitrogen and oxygen atoms in total. The number of para-hydroxylation sites is 1. The van der Waals surface area contributed by atoms with E-state index in [1.54, 1.807) is 10.9 Å². The molecule has 1 aromatic heterocycles. The fraction of sp³-hybridized carbons (Fsp3) is 0.474. The smallest absolute Gasteiger partial charge is 0.317 e. The molecule has 2 aliphatic rings. The molecule has 1 aromatic carbocycles. The third-order valence-electron chi connectivity index (χ3n) is 5.24. The summed E-state index contributed by atoms with van der Waals surface area (Å²) in [6.07, 6.45) is 5.56. The minimum Gasteiger partial charge on any atom is -0.480 e. The van der Waals surface area contributed by atoms with Crippen molar-refractivity contribution in [3.63, 3.8) is 0 Å². The number of aliphatic carboxylic acids is 1. The highest BCUT2D eigenvalue weighted by Gasteiger charge is 2.38. The second-order valence-electron chi connectivity index (χ2n) is 7.45. The quantitative estimate of drug-likeness (QED) is 0.728. The van der Waals surface area contributed by atoms with Crippen molar-refractivity contribution in [2.24, 2.45) is 5.92 Å². The van der Waals surface area contributed by atoms with Gasteiger partial charge in [0.15, 0.2) is 5.69 Å². The molecule has 0 atom stereocenters. The highest BCUT2D eigenvalue weighted by Crippen LogP contribution is 2.33. The van der Waals surface area contributed by atoms with Gasteiger partial charge in [-0.05, 0) is 43.7 Å². The molecule has 0 saturated heterocycles. The Morgan fingerprint density at radius 3 is 2.63 bits per heavy atom. The van der Waals surface area contributed by atoms with Gasteiger partial charge in [0.05, 0.1) is 18.4 Å². The molecule has 2 N–H and O–H groups in total. The second-order valence-corrected chi connectivity index (χ2v) is 7.45. The first kappa shape index (κ1) is 17.7. The highest BCUT2D eigenvalue weighted by atomic mass is 16.4. The Kier molecular flexibility index (Phi) is 4.89. The third-order valence-corrected chi connectivity index (χ3v) is 5.24. The maximum atomic E-state index is 12.4. The van der Waals surface area contributed by atoms with Gasteiger partial charge in [0.1, 0.15) is 0 Å². The van der Waals surface area contributed by atoms with Gasteiger partial charge in [-0.3, -0.25) is 14.5 Å². The molecule has 8 heteroatoms. The maximum absolute atomic E-state index is 12.4. The number of rotatable bonds is 8. The summed E-state index contributed by atoms with van der Waals surface area (Å²) in [5.41, 5.74) is 1.12. The van der Waals surface area contributed by atoms with Crippen molar-refractivity contribution in [3.8, 4) is 5.69 Å². The topological polar surface area (TPSA) is 100 Å². The first-order valence-electron chi connectivity index (χ1n) is 9.33. The number of carbonyl (C=O) groups excluding carboxylic acids is 1. The van der Waals surface area contributed by atoms with Crippen molar-refractivity contribution < 1.29 is 14.7 Å². The van der Waals surface area contributed by atoms with Crippen LogP contribution in [0.15, 0.2) is 36.5 Å². The Balaban J connectivity index is 1.30. The fourth-order valence-corrected chi connectivity index (χ4v) is 3.49. The largest absolute Gasteiger partial charge is 0.480 e. The van der Waals surface area contributed by atoms with Crippen LogP contribution in [0.4, 0.5) is 0 Å². The molecule has 27 heavy (non-hydrogen) atoms. The van der Waals surface area contributed by atoms with Crippen LogP contribution in [0.25, 0.3) is 5.69 Å². The number of aromatic nitrogens is 3. The van der Waals surface area contributed by atoms with Gasteiger partial charge in [-0.15, -0.1) is 5.10 Å². The van der Waals surface area contributed by atoms with E-state index < -0.39 is 5.97 Å². The predicted octanol–water partition coefficient (Wildman–Crippen LogP) is 1.32. The monoisotopic (exact) mass is 369 g/mol. The summed E-state index contributed by atoms with van der Waals surface area (Å²) in [6.45, 7) is 0.927. The molecule has 0 spiro atoms. The van der Waals surface area contributed by atoms with Crippen LogP contribution in [0.3, 0.4) is 0 Å². The number of hydrogen-bond acceptors (Lipinski definition) is 5. The molecule has 0 radical (unpaired) electrons. The molecule has 2 fully saturated rings. The molecule has 2 saturated carbocycles. The van der Waals surface area contributed by atoms with Gasteiger partial charge in [-0.25, -0.2) is 4.68 Å². The zero-order valence-electron chi connectivity index (χ0n) is 15.0. The molecule has 0 bridgehead atoms. The lowest BCUT2D eigenvalue weighted by atomic mass is 9.85. The highest BCUT2D eigenvalue weighted by molar-refractivity contribution is 5.92. The first-order chi connectivity index (χ1) is 13.1. The lowest BCUT2D eigenvalue weighted by molar-refractivity contribution is -0.139. The molecule has 1 heterocycles. The van der Waals surface area contributed by atoms with E-state index in [1.807, 2.05) is 35.2 Å². The Labute approximate surface area is 157 Å². The number of hydrogen-bond donors (Lipinski definition) is 2. The first-order valence-corrected chi connectivity index (χ1v) is 9.33. The molecule has 0 unspecified atom stereocenters. The molecular weight excluding hydrogens is 346 g/mol. The van der Waals surface area contributed by atoms with E-state index in [0.717, 1.165) is 25.1 Å². The number of carboxylic acids is 1. The van der Waals surface area contributed by atoms with E-state index >= 15 is 0 Å². The Morgan fingerprint density at radius 2 is 1.96 bits per heavy atom. The zero-order chi connectivity index (χ0) is 18.8. The molecule has 4 rings (SSSR count). The SMILES string of the molecule is O=C(O)CN(CC1CC1)C1CC(NC(=O)c2cn(-c3ccccc3)nn2)C1. The molecule has 2 aromatic rings. The van der Waals surface area contributed by atoms with Crippen LogP contribution < -0.4 is 5.32 Å². The number of carbonyl (C=O) groups is 2. The summed E-state index contributed by atoms with van der Waals surface area (Å²) in [4.78, 5) is 25.5. The molecule has 1 amide bonds. The van der Waals surface area contributed by atoms with Crippen LogP contribution in [0.2, 0.25) is 0 Å². The third kappa shape index (κ3) is 4.33. The Hall–Kier alpha value is -2.74. The van der Waals surface area contributed by atoms with Crippen LogP contribution in [-0.4, -0.2) is 62.0 Å². The number of carboxylic acid groups (broad SMARTS) is 1. The predicted molar refractivity (Wildman–Crippen MR) is 97.6 cm³/mol. The van der Waals surface area contributed by atoms with E-state index in [9.17, 15) is 9.59 Å². The van der Waals surface area contributed by atoms with E-state index in [1.165, 1.54) is 12.8 Å². The Morgan fingerprint density at radius 1 is 1.22 bits per heavy atom. The zero-order valence-corrected chi connectivity index (χ0v) is 15.0. The summed E-state index contributed by atoms with van der Waals surface area (Å²) in [6, 6.07) is 9.78. The van der Waals surface area contributed by atoms with Crippen LogP contribution in [0.5, 0.6) is 0 Å². The van der Waals surface area contributed by atoms with Crippen molar-refractivity contribution in [1.29, 1.82) is 0 Å². The van der Waals surface area contributed by atoms with Gasteiger partial charge < -0.3 is 10.4 Å². The number of amides is 1. The lowest BCUT2D eigenvalue weighted by Crippen LogP contribution is -2.55. The van der Waals surface area contributed by atoms with Crippen LogP contribution in [0.1, 0.15) is 36.2 Å². The summed E-state index contributed by atoms with van der Waals surface area (Å²) in [5, 5.41) is 20.1. The second kappa shape index (κ2) is 7.48. The van der Waals surface area contributed by atoms with Crippen molar-refractivity contribution in [2.45, 2.75) is 37.8 Å². The van der Waals surface area contributed by atoms with Crippen LogP contribution >= 0.6 is 0 Å². The average Bonchev–Trinajstić information content (AvgIpc) is 3.29. The van der Waals surface area contributed by atoms with E-state index in [0.29, 0.717) is 5.92 Å². The lowest BCUT2D eigenvalue weighted by Gasteiger charge is -2.42. The standard InChI is InChI=1S/C19H23N5O3/c25-18(26)12-23(10-13-6-7-13)16-8-14(9-16)20-19(27)17-11-24(22-21-17)15-4-2-1-3-5-15/h1-5,11,13-14,16H,6-10,12H2,(H,20,27)(H,25,26). The molecule has 142 valence electrons. The van der Waals surface area contributed by atoms with Crippen molar-refractivity contribution in [3.05, 3.63) is 42.2 Å². The molecule has 0 aliphatic heterocycles. The maximum Gasteiger partial charge on any atom is 0.317 e. The summed E-state index contributed by atoms with van der Waals surface area (Å²) >= 11 is 0. The summed E-state index contributed by atoms with van der Waals surface area (Å²) in [5.74, 6) is -0.390. The van der Waals surface area contributed by atoms with E-state index in [-0.39, 0.29) is 30.2 Å². The number of benzene rings is 1. The molecule has 2 aliphatic carbocycles. The van der Waals surface area contributed by atoms with Crippen molar-refractivity contribution >= 4 is 11.9 Å². The normalized spacial score (nSPS) is 21.7. The van der Waals surface area contributed by atoms with Crippen molar-refractivity contribution in [1.82, 2.24) is 25.2 Å². The van der Waals surface area contributed by atoms with Gasteiger partial charge >= 0.3 is 5.97 Å². The van der Waals surface area contributed by atoms with Gasteiger partial charge in [0.2, 0.25) is 0 Å². The minimum atomic E-state index is -0.791. The van der Waals surface area contributed by atoms with Gasteiger partial charge in [0, 0.05) is 18.6 Å². The molecular formula is C19H23N5O3. The Bertz CT molecular complexity index is 812. The van der Waals surface area contributed by atoms with Crippen molar-refractivity contribution in [2.75, 3.05) is 13.1 Å². The summed E-state index contributed by atoms with van der Waals surface area (Å²) < 4.78 is 1.57. The van der Waals surface area contributed by atoms with Gasteiger partial charge in [-0.2, -0.15) is 0 Å².